The average molecular weight is 229 g/mol. The van der Waals surface area contributed by atoms with Gasteiger partial charge in [-0.1, -0.05) is 24.3 Å². The second kappa shape index (κ2) is 5.55. The Morgan fingerprint density at radius 1 is 1.18 bits per heavy atom. The van der Waals surface area contributed by atoms with Gasteiger partial charge in [0.1, 0.15) is 0 Å². The molecular formula is C14H14FN2. The molecule has 2 rings (SSSR count). The number of hydrogen-bond acceptors (Lipinski definition) is 2. The lowest BCUT2D eigenvalue weighted by atomic mass is 10.0. The van der Waals surface area contributed by atoms with E-state index in [-0.39, 0.29) is 0 Å². The predicted octanol–water partition coefficient (Wildman–Crippen LogP) is 2.47. The van der Waals surface area contributed by atoms with Crippen LogP contribution in [0.5, 0.6) is 0 Å². The molecule has 1 heterocycles. The van der Waals surface area contributed by atoms with Crippen LogP contribution < -0.4 is 5.73 Å². The maximum absolute atomic E-state index is 12.9. The van der Waals surface area contributed by atoms with Crippen molar-refractivity contribution < 1.29 is 4.39 Å². The third-order valence-electron chi connectivity index (χ3n) is 2.55. The Morgan fingerprint density at radius 3 is 2.82 bits per heavy atom. The molecule has 3 heteroatoms. The lowest BCUT2D eigenvalue weighted by molar-refractivity contribution is 0.582. The van der Waals surface area contributed by atoms with Crippen LogP contribution in [0.25, 0.3) is 0 Å². The SMILES string of the molecule is NCc1cccc([CH]Cc2ccnc(F)c2)c1. The molecule has 0 saturated heterocycles. The molecule has 0 saturated carbocycles. The zero-order valence-corrected chi connectivity index (χ0v) is 9.44. The third-order valence-corrected chi connectivity index (χ3v) is 2.55. The fourth-order valence-electron chi connectivity index (χ4n) is 1.65. The van der Waals surface area contributed by atoms with E-state index < -0.39 is 5.95 Å². The zero-order chi connectivity index (χ0) is 12.1. The summed E-state index contributed by atoms with van der Waals surface area (Å²) in [6, 6.07) is 11.3. The van der Waals surface area contributed by atoms with Crippen molar-refractivity contribution in [1.29, 1.82) is 0 Å². The molecule has 2 aromatic rings. The average Bonchev–Trinajstić information content (AvgIpc) is 2.37. The molecule has 1 aromatic carbocycles. The van der Waals surface area contributed by atoms with Gasteiger partial charge in [-0.05, 0) is 41.7 Å². The second-order valence-corrected chi connectivity index (χ2v) is 3.84. The highest BCUT2D eigenvalue weighted by molar-refractivity contribution is 5.30. The zero-order valence-electron chi connectivity index (χ0n) is 9.44. The fraction of sp³-hybridized carbons (Fsp3) is 0.143. The molecule has 17 heavy (non-hydrogen) atoms. The Morgan fingerprint density at radius 2 is 2.06 bits per heavy atom. The minimum Gasteiger partial charge on any atom is -0.326 e. The minimum absolute atomic E-state index is 0.438. The van der Waals surface area contributed by atoms with Crippen LogP contribution in [0.15, 0.2) is 42.6 Å². The first-order chi connectivity index (χ1) is 8.28. The van der Waals surface area contributed by atoms with Crippen molar-refractivity contribution in [1.82, 2.24) is 4.98 Å². The highest BCUT2D eigenvalue weighted by Gasteiger charge is 1.99. The summed E-state index contributed by atoms with van der Waals surface area (Å²) >= 11 is 0. The molecule has 2 nitrogen and oxygen atoms in total. The lowest BCUT2D eigenvalue weighted by Gasteiger charge is -2.03. The number of benzene rings is 1. The summed E-state index contributed by atoms with van der Waals surface area (Å²) in [5, 5.41) is 0. The summed E-state index contributed by atoms with van der Waals surface area (Å²) in [7, 11) is 0. The largest absolute Gasteiger partial charge is 0.326 e. The molecule has 0 bridgehead atoms. The molecule has 0 atom stereocenters. The predicted molar refractivity (Wildman–Crippen MR) is 65.6 cm³/mol. The number of nitrogens with zero attached hydrogens (tertiary/aromatic N) is 1. The summed E-state index contributed by atoms with van der Waals surface area (Å²) in [6.45, 7) is 0.533. The van der Waals surface area contributed by atoms with Crippen LogP contribution in [-0.4, -0.2) is 4.98 Å². The van der Waals surface area contributed by atoms with E-state index in [1.165, 1.54) is 12.3 Å². The van der Waals surface area contributed by atoms with Crippen LogP contribution in [0, 0.1) is 12.4 Å². The molecular weight excluding hydrogens is 215 g/mol. The Hall–Kier alpha value is -1.74. The quantitative estimate of drug-likeness (QED) is 0.818. The lowest BCUT2D eigenvalue weighted by Crippen LogP contribution is -1.97. The number of halogens is 1. The maximum atomic E-state index is 12.9. The summed E-state index contributed by atoms with van der Waals surface area (Å²) in [4.78, 5) is 3.53. The van der Waals surface area contributed by atoms with E-state index in [0.29, 0.717) is 13.0 Å². The van der Waals surface area contributed by atoms with Crippen molar-refractivity contribution in [2.45, 2.75) is 13.0 Å². The van der Waals surface area contributed by atoms with Gasteiger partial charge in [0.2, 0.25) is 5.95 Å². The Balaban J connectivity index is 2.02. The Labute approximate surface area is 100 Å². The van der Waals surface area contributed by atoms with Gasteiger partial charge in [-0.2, -0.15) is 4.39 Å². The van der Waals surface area contributed by atoms with E-state index in [2.05, 4.69) is 4.98 Å². The number of pyridine rings is 1. The van der Waals surface area contributed by atoms with Crippen molar-refractivity contribution in [2.24, 2.45) is 5.73 Å². The molecule has 0 unspecified atom stereocenters. The first-order valence-electron chi connectivity index (χ1n) is 5.50. The number of rotatable bonds is 4. The molecule has 0 aliphatic rings. The van der Waals surface area contributed by atoms with E-state index in [1.807, 2.05) is 36.8 Å². The van der Waals surface area contributed by atoms with Gasteiger partial charge >= 0.3 is 0 Å². The molecule has 1 radical (unpaired) electrons. The summed E-state index contributed by atoms with van der Waals surface area (Å²) in [5.74, 6) is -0.438. The fourth-order valence-corrected chi connectivity index (χ4v) is 1.65. The highest BCUT2D eigenvalue weighted by Crippen LogP contribution is 2.11. The van der Waals surface area contributed by atoms with E-state index in [9.17, 15) is 4.39 Å². The van der Waals surface area contributed by atoms with Gasteiger partial charge in [0.05, 0.1) is 0 Å². The molecule has 87 valence electrons. The topological polar surface area (TPSA) is 38.9 Å². The van der Waals surface area contributed by atoms with E-state index in [1.54, 1.807) is 0 Å². The van der Waals surface area contributed by atoms with Crippen LogP contribution in [0.4, 0.5) is 4.39 Å². The molecule has 0 fully saturated rings. The highest BCUT2D eigenvalue weighted by atomic mass is 19.1. The molecule has 0 spiro atoms. The van der Waals surface area contributed by atoms with Crippen LogP contribution >= 0.6 is 0 Å². The van der Waals surface area contributed by atoms with Gasteiger partial charge in [0.25, 0.3) is 0 Å². The molecule has 2 N–H and O–H groups in total. The Bertz CT molecular complexity index is 497. The van der Waals surface area contributed by atoms with Crippen molar-refractivity contribution in [2.75, 3.05) is 0 Å². The van der Waals surface area contributed by atoms with Crippen LogP contribution in [0.3, 0.4) is 0 Å². The number of aromatic nitrogens is 1. The second-order valence-electron chi connectivity index (χ2n) is 3.84. The van der Waals surface area contributed by atoms with Crippen LogP contribution in [-0.2, 0) is 13.0 Å². The standard InChI is InChI=1S/C14H14FN2/c15-14-9-12(6-7-17-14)5-4-11-2-1-3-13(8-11)10-16/h1-4,6-9H,5,10,16H2. The normalized spacial score (nSPS) is 10.5. The maximum Gasteiger partial charge on any atom is 0.213 e. The van der Waals surface area contributed by atoms with Gasteiger partial charge in [0.15, 0.2) is 0 Å². The van der Waals surface area contributed by atoms with E-state index >= 15 is 0 Å². The molecule has 0 aliphatic carbocycles. The first-order valence-corrected chi connectivity index (χ1v) is 5.50. The molecule has 0 aliphatic heterocycles. The van der Waals surface area contributed by atoms with Crippen LogP contribution in [0.2, 0.25) is 0 Å². The minimum atomic E-state index is -0.438. The van der Waals surface area contributed by atoms with E-state index in [0.717, 1.165) is 16.7 Å². The smallest absolute Gasteiger partial charge is 0.213 e. The molecule has 1 aromatic heterocycles. The summed E-state index contributed by atoms with van der Waals surface area (Å²) < 4.78 is 12.9. The monoisotopic (exact) mass is 229 g/mol. The van der Waals surface area contributed by atoms with Gasteiger partial charge in [-0.25, -0.2) is 4.98 Å². The summed E-state index contributed by atoms with van der Waals surface area (Å²) in [5.41, 5.74) is 8.69. The van der Waals surface area contributed by atoms with E-state index in [4.69, 9.17) is 5.73 Å². The van der Waals surface area contributed by atoms with Crippen molar-refractivity contribution in [3.8, 4) is 0 Å². The van der Waals surface area contributed by atoms with Crippen molar-refractivity contribution >= 4 is 0 Å². The van der Waals surface area contributed by atoms with Crippen LogP contribution in [0.1, 0.15) is 16.7 Å². The van der Waals surface area contributed by atoms with Gasteiger partial charge in [0, 0.05) is 12.7 Å². The van der Waals surface area contributed by atoms with Crippen molar-refractivity contribution in [3.63, 3.8) is 0 Å². The van der Waals surface area contributed by atoms with Crippen molar-refractivity contribution in [3.05, 3.63) is 71.7 Å². The van der Waals surface area contributed by atoms with Gasteiger partial charge < -0.3 is 5.73 Å². The molecule has 0 amide bonds. The third kappa shape index (κ3) is 3.36. The van der Waals surface area contributed by atoms with Gasteiger partial charge in [-0.15, -0.1) is 0 Å². The number of nitrogens with two attached hydrogens (primary N) is 1. The summed E-state index contributed by atoms with van der Waals surface area (Å²) in [6.07, 6.45) is 4.22. The number of hydrogen-bond donors (Lipinski definition) is 1. The Kier molecular flexibility index (Phi) is 3.83. The van der Waals surface area contributed by atoms with Gasteiger partial charge in [-0.3, -0.25) is 0 Å². The first kappa shape index (κ1) is 11.7.